The van der Waals surface area contributed by atoms with Crippen LogP contribution >= 0.6 is 0 Å². The van der Waals surface area contributed by atoms with Gasteiger partial charge in [-0.1, -0.05) is 38.1 Å². The van der Waals surface area contributed by atoms with Gasteiger partial charge in [-0.15, -0.1) is 5.10 Å². The molecule has 1 fully saturated rings. The Morgan fingerprint density at radius 1 is 1.17 bits per heavy atom. The number of piperidine rings is 1. The van der Waals surface area contributed by atoms with Crippen LogP contribution in [0.4, 0.5) is 0 Å². The molecule has 24 heavy (non-hydrogen) atoms. The fourth-order valence-electron chi connectivity index (χ4n) is 2.84. The van der Waals surface area contributed by atoms with Crippen molar-refractivity contribution in [1.29, 1.82) is 0 Å². The van der Waals surface area contributed by atoms with Gasteiger partial charge in [-0.3, -0.25) is 19.5 Å². The molecule has 0 unspecified atom stereocenters. The molecule has 126 valence electrons. The highest BCUT2D eigenvalue weighted by Crippen LogP contribution is 2.22. The normalized spacial score (nSPS) is 18.1. The number of nitrogens with one attached hydrogen (secondary N) is 1. The molecule has 1 N–H and O–H groups in total. The largest absolute Gasteiger partial charge is 0.346 e. The number of hydrogen-bond donors (Lipinski definition) is 1. The van der Waals surface area contributed by atoms with Crippen LogP contribution in [0.5, 0.6) is 0 Å². The van der Waals surface area contributed by atoms with Crippen LogP contribution in [-0.4, -0.2) is 26.2 Å². The lowest BCUT2D eigenvalue weighted by Crippen LogP contribution is -2.44. The Morgan fingerprint density at radius 3 is 2.42 bits per heavy atom. The van der Waals surface area contributed by atoms with Crippen molar-refractivity contribution in [2.24, 2.45) is 7.05 Å². The standard InChI is InChI=1S/C17H20N4O3/c1-10(2)11-4-6-12(7-5-11)15-19-21(17(24)20(15)3)13-8-9-14(22)18-16(13)23/h4-7,10,13H,8-9H2,1-3H3,(H,18,22,23)/t13-/m0/s1. The minimum Gasteiger partial charge on any atom is -0.295 e. The minimum absolute atomic E-state index is 0.206. The molecule has 0 bridgehead atoms. The molecule has 7 nitrogen and oxygen atoms in total. The summed E-state index contributed by atoms with van der Waals surface area (Å²) in [6.45, 7) is 4.23. The first-order valence-electron chi connectivity index (χ1n) is 7.98. The molecule has 3 rings (SSSR count). The Morgan fingerprint density at radius 2 is 1.83 bits per heavy atom. The zero-order chi connectivity index (χ0) is 17.4. The van der Waals surface area contributed by atoms with Gasteiger partial charge in [-0.25, -0.2) is 9.48 Å². The van der Waals surface area contributed by atoms with Crippen molar-refractivity contribution >= 4 is 11.8 Å². The zero-order valence-corrected chi connectivity index (χ0v) is 13.9. The van der Waals surface area contributed by atoms with Crippen LogP contribution in [-0.2, 0) is 16.6 Å². The van der Waals surface area contributed by atoms with Gasteiger partial charge in [0.1, 0.15) is 6.04 Å². The number of rotatable bonds is 3. The first-order chi connectivity index (χ1) is 11.4. The van der Waals surface area contributed by atoms with Crippen LogP contribution in [0.25, 0.3) is 11.4 Å². The lowest BCUT2D eigenvalue weighted by molar-refractivity contribution is -0.136. The number of aromatic nitrogens is 3. The summed E-state index contributed by atoms with van der Waals surface area (Å²) >= 11 is 0. The Kier molecular flexibility index (Phi) is 4.09. The van der Waals surface area contributed by atoms with E-state index in [1.807, 2.05) is 24.3 Å². The van der Waals surface area contributed by atoms with Gasteiger partial charge in [-0.05, 0) is 17.9 Å². The second-order valence-electron chi connectivity index (χ2n) is 6.35. The number of imide groups is 1. The number of benzene rings is 1. The summed E-state index contributed by atoms with van der Waals surface area (Å²) in [5, 5.41) is 6.60. The lowest BCUT2D eigenvalue weighted by atomic mass is 10.0. The Balaban J connectivity index is 1.98. The van der Waals surface area contributed by atoms with E-state index in [2.05, 4.69) is 24.3 Å². The molecule has 2 amide bonds. The SMILES string of the molecule is CC(C)c1ccc(-c2nn([C@H]3CCC(=O)NC3=O)c(=O)n2C)cc1. The number of carbonyl (C=O) groups is 2. The van der Waals surface area contributed by atoms with Crippen molar-refractivity contribution in [1.82, 2.24) is 19.7 Å². The third-order valence-electron chi connectivity index (χ3n) is 4.34. The number of nitrogens with zero attached hydrogens (tertiary/aromatic N) is 3. The molecule has 1 aliphatic rings. The van der Waals surface area contributed by atoms with Crippen LogP contribution in [0, 0.1) is 0 Å². The molecule has 1 atom stereocenters. The van der Waals surface area contributed by atoms with Crippen molar-refractivity contribution in [2.45, 2.75) is 38.6 Å². The summed E-state index contributed by atoms with van der Waals surface area (Å²) in [6.07, 6.45) is 0.491. The van der Waals surface area contributed by atoms with Crippen molar-refractivity contribution in [3.63, 3.8) is 0 Å². The highest BCUT2D eigenvalue weighted by atomic mass is 16.2. The summed E-state index contributed by atoms with van der Waals surface area (Å²) in [5.74, 6) is 0.127. The van der Waals surface area contributed by atoms with Gasteiger partial charge in [-0.2, -0.15) is 0 Å². The van der Waals surface area contributed by atoms with Crippen molar-refractivity contribution in [2.75, 3.05) is 0 Å². The highest BCUT2D eigenvalue weighted by molar-refractivity contribution is 5.99. The maximum Gasteiger partial charge on any atom is 0.346 e. The fraction of sp³-hybridized carbons (Fsp3) is 0.412. The average molecular weight is 328 g/mol. The third-order valence-corrected chi connectivity index (χ3v) is 4.34. The fourth-order valence-corrected chi connectivity index (χ4v) is 2.84. The van der Waals surface area contributed by atoms with E-state index in [9.17, 15) is 14.4 Å². The smallest absolute Gasteiger partial charge is 0.295 e. The maximum atomic E-state index is 12.5. The van der Waals surface area contributed by atoms with Crippen molar-refractivity contribution in [3.05, 3.63) is 40.3 Å². The van der Waals surface area contributed by atoms with E-state index in [0.29, 0.717) is 11.7 Å². The number of carbonyl (C=O) groups excluding carboxylic acids is 2. The van der Waals surface area contributed by atoms with E-state index in [4.69, 9.17) is 0 Å². The molecule has 1 aromatic carbocycles. The van der Waals surface area contributed by atoms with Gasteiger partial charge in [0.05, 0.1) is 0 Å². The van der Waals surface area contributed by atoms with Gasteiger partial charge in [0.2, 0.25) is 5.91 Å². The first kappa shape index (κ1) is 16.2. The molecule has 1 aromatic heterocycles. The minimum atomic E-state index is -0.745. The van der Waals surface area contributed by atoms with Gasteiger partial charge in [0, 0.05) is 19.0 Å². The number of hydrogen-bond acceptors (Lipinski definition) is 4. The van der Waals surface area contributed by atoms with E-state index in [-0.39, 0.29) is 24.4 Å². The third kappa shape index (κ3) is 2.77. The summed E-state index contributed by atoms with van der Waals surface area (Å²) in [5.41, 5.74) is 1.64. The Hall–Kier alpha value is -2.70. The molecule has 0 radical (unpaired) electrons. The molecular formula is C17H20N4O3. The molecule has 1 saturated heterocycles. The van der Waals surface area contributed by atoms with E-state index in [0.717, 1.165) is 5.56 Å². The Labute approximate surface area is 139 Å². The second kappa shape index (κ2) is 6.07. The van der Waals surface area contributed by atoms with Crippen LogP contribution in [0.3, 0.4) is 0 Å². The molecule has 2 aromatic rings. The molecule has 0 aliphatic carbocycles. The quantitative estimate of drug-likeness (QED) is 0.862. The van der Waals surface area contributed by atoms with Crippen LogP contribution in [0.2, 0.25) is 0 Å². The lowest BCUT2D eigenvalue weighted by Gasteiger charge is -2.19. The highest BCUT2D eigenvalue weighted by Gasteiger charge is 2.31. The van der Waals surface area contributed by atoms with Gasteiger partial charge in [0.25, 0.3) is 5.91 Å². The predicted octanol–water partition coefficient (Wildman–Crippen LogP) is 1.35. The molecule has 7 heteroatoms. The van der Waals surface area contributed by atoms with Crippen molar-refractivity contribution in [3.8, 4) is 11.4 Å². The predicted molar refractivity (Wildman–Crippen MR) is 88.4 cm³/mol. The topological polar surface area (TPSA) is 86.0 Å². The van der Waals surface area contributed by atoms with Crippen molar-refractivity contribution < 1.29 is 9.59 Å². The average Bonchev–Trinajstić information content (AvgIpc) is 2.84. The summed E-state index contributed by atoms with van der Waals surface area (Å²) in [6, 6.07) is 7.12. The van der Waals surface area contributed by atoms with Gasteiger partial charge < -0.3 is 0 Å². The van der Waals surface area contributed by atoms with E-state index >= 15 is 0 Å². The summed E-state index contributed by atoms with van der Waals surface area (Å²) < 4.78 is 2.60. The van der Waals surface area contributed by atoms with Gasteiger partial charge in [0.15, 0.2) is 5.82 Å². The zero-order valence-electron chi connectivity index (χ0n) is 13.9. The first-order valence-corrected chi connectivity index (χ1v) is 7.98. The number of amides is 2. The Bertz CT molecular complexity index is 846. The second-order valence-corrected chi connectivity index (χ2v) is 6.35. The van der Waals surface area contributed by atoms with E-state index in [1.165, 1.54) is 14.8 Å². The van der Waals surface area contributed by atoms with Crippen LogP contribution in [0.1, 0.15) is 44.2 Å². The molecule has 0 spiro atoms. The summed E-state index contributed by atoms with van der Waals surface area (Å²) in [4.78, 5) is 35.7. The molecule has 0 saturated carbocycles. The van der Waals surface area contributed by atoms with Crippen LogP contribution < -0.4 is 11.0 Å². The molecule has 2 heterocycles. The van der Waals surface area contributed by atoms with Gasteiger partial charge >= 0.3 is 5.69 Å². The monoisotopic (exact) mass is 328 g/mol. The maximum absolute atomic E-state index is 12.5. The molecular weight excluding hydrogens is 308 g/mol. The molecule has 1 aliphatic heterocycles. The van der Waals surface area contributed by atoms with E-state index < -0.39 is 11.9 Å². The van der Waals surface area contributed by atoms with E-state index in [1.54, 1.807) is 7.05 Å². The summed E-state index contributed by atoms with van der Waals surface area (Å²) in [7, 11) is 1.63. The van der Waals surface area contributed by atoms with Crippen LogP contribution in [0.15, 0.2) is 29.1 Å².